The van der Waals surface area contributed by atoms with Crippen molar-refractivity contribution in [3.05, 3.63) is 29.0 Å². The van der Waals surface area contributed by atoms with Crippen LogP contribution in [0.15, 0.2) is 29.0 Å². The van der Waals surface area contributed by atoms with Crippen molar-refractivity contribution in [1.29, 1.82) is 0 Å². The number of methoxy groups -OCH3 is 2. The van der Waals surface area contributed by atoms with Crippen LogP contribution in [0.3, 0.4) is 0 Å². The SMILES string of the molecule is C=C(C(=C=C(C)C)C1CC1)C1CC1(C(=O)OC)C(=O)OC. The summed E-state index contributed by atoms with van der Waals surface area (Å²) in [4.78, 5) is 24.1. The molecule has 0 amide bonds. The highest BCUT2D eigenvalue weighted by molar-refractivity contribution is 6.04. The summed E-state index contributed by atoms with van der Waals surface area (Å²) < 4.78 is 9.60. The maximum absolute atomic E-state index is 12.0. The molecule has 2 rings (SSSR count). The largest absolute Gasteiger partial charge is 0.468 e. The van der Waals surface area contributed by atoms with Gasteiger partial charge in [0.15, 0.2) is 5.41 Å². The molecule has 0 radical (unpaired) electrons. The molecule has 0 bridgehead atoms. The Bertz CT molecular complexity index is 539. The Kier molecular flexibility index (Phi) is 4.11. The van der Waals surface area contributed by atoms with E-state index in [1.165, 1.54) is 14.2 Å². The summed E-state index contributed by atoms with van der Waals surface area (Å²) in [5, 5.41) is 0. The minimum Gasteiger partial charge on any atom is -0.468 e. The summed E-state index contributed by atoms with van der Waals surface area (Å²) in [6.07, 6.45) is 2.64. The number of ether oxygens (including phenoxy) is 2. The molecule has 0 saturated heterocycles. The molecule has 4 nitrogen and oxygen atoms in total. The second-order valence-corrected chi connectivity index (χ2v) is 6.05. The zero-order valence-electron chi connectivity index (χ0n) is 13.1. The molecule has 2 aliphatic carbocycles. The maximum Gasteiger partial charge on any atom is 0.323 e. The van der Waals surface area contributed by atoms with Gasteiger partial charge in [-0.1, -0.05) is 6.58 Å². The Labute approximate surface area is 125 Å². The third-order valence-corrected chi connectivity index (χ3v) is 4.20. The molecule has 0 aromatic carbocycles. The summed E-state index contributed by atoms with van der Waals surface area (Å²) in [6.45, 7) is 8.10. The van der Waals surface area contributed by atoms with Crippen LogP contribution in [-0.2, 0) is 19.1 Å². The lowest BCUT2D eigenvalue weighted by atomic mass is 9.93. The standard InChI is InChI=1S/C17H22O4/c1-10(2)8-13(12-6-7-12)11(3)14-9-17(14,15(18)20-4)16(19)21-5/h12,14H,3,6-7,9H2,1-2,4-5H3. The molecular weight excluding hydrogens is 268 g/mol. The Morgan fingerprint density at radius 1 is 1.14 bits per heavy atom. The fourth-order valence-corrected chi connectivity index (χ4v) is 2.86. The molecule has 0 aliphatic heterocycles. The third-order valence-electron chi connectivity index (χ3n) is 4.20. The smallest absolute Gasteiger partial charge is 0.323 e. The van der Waals surface area contributed by atoms with Crippen molar-refractivity contribution in [2.45, 2.75) is 33.1 Å². The van der Waals surface area contributed by atoms with Gasteiger partial charge in [0.2, 0.25) is 0 Å². The van der Waals surface area contributed by atoms with E-state index in [1.54, 1.807) is 0 Å². The van der Waals surface area contributed by atoms with Gasteiger partial charge in [0.1, 0.15) is 0 Å². The van der Waals surface area contributed by atoms with Crippen molar-refractivity contribution in [2.75, 3.05) is 14.2 Å². The predicted octanol–water partition coefficient (Wildman–Crippen LogP) is 2.80. The minimum atomic E-state index is -1.20. The monoisotopic (exact) mass is 290 g/mol. The third kappa shape index (κ3) is 2.68. The molecule has 0 aromatic heterocycles. The van der Waals surface area contributed by atoms with Crippen LogP contribution in [0.4, 0.5) is 0 Å². The van der Waals surface area contributed by atoms with Gasteiger partial charge in [-0.3, -0.25) is 9.59 Å². The van der Waals surface area contributed by atoms with E-state index in [-0.39, 0.29) is 5.92 Å². The number of hydrogen-bond acceptors (Lipinski definition) is 4. The lowest BCUT2D eigenvalue weighted by Crippen LogP contribution is -2.31. The highest BCUT2D eigenvalue weighted by Gasteiger charge is 2.69. The predicted molar refractivity (Wildman–Crippen MR) is 78.3 cm³/mol. The number of carbonyl (C=O) groups excluding carboxylic acids is 2. The van der Waals surface area contributed by atoms with Gasteiger partial charge in [-0.05, 0) is 55.7 Å². The van der Waals surface area contributed by atoms with Crippen molar-refractivity contribution < 1.29 is 19.1 Å². The van der Waals surface area contributed by atoms with Gasteiger partial charge in [0.25, 0.3) is 0 Å². The van der Waals surface area contributed by atoms with E-state index in [0.29, 0.717) is 12.3 Å². The van der Waals surface area contributed by atoms with E-state index in [1.807, 2.05) is 13.8 Å². The summed E-state index contributed by atoms with van der Waals surface area (Å²) in [7, 11) is 2.58. The van der Waals surface area contributed by atoms with E-state index in [9.17, 15) is 9.59 Å². The van der Waals surface area contributed by atoms with Gasteiger partial charge in [-0.2, -0.15) is 0 Å². The lowest BCUT2D eigenvalue weighted by molar-refractivity contribution is -0.161. The molecule has 1 unspecified atom stereocenters. The van der Waals surface area contributed by atoms with Gasteiger partial charge >= 0.3 is 11.9 Å². The van der Waals surface area contributed by atoms with E-state index >= 15 is 0 Å². The normalized spacial score (nSPS) is 21.8. The first-order valence-corrected chi connectivity index (χ1v) is 7.18. The average Bonchev–Trinajstić information content (AvgIpc) is 3.34. The quantitative estimate of drug-likeness (QED) is 0.338. The van der Waals surface area contributed by atoms with E-state index in [2.05, 4.69) is 12.3 Å². The van der Waals surface area contributed by atoms with Gasteiger partial charge in [0, 0.05) is 5.92 Å². The molecule has 1 atom stereocenters. The summed E-state index contributed by atoms with van der Waals surface area (Å²) in [5.41, 5.74) is 5.09. The van der Waals surface area contributed by atoms with Crippen LogP contribution in [0.25, 0.3) is 0 Å². The first kappa shape index (κ1) is 15.6. The highest BCUT2D eigenvalue weighted by atomic mass is 16.5. The van der Waals surface area contributed by atoms with Crippen LogP contribution in [0.2, 0.25) is 0 Å². The summed E-state index contributed by atoms with van der Waals surface area (Å²) >= 11 is 0. The molecule has 114 valence electrons. The first-order chi connectivity index (χ1) is 9.88. The fourth-order valence-electron chi connectivity index (χ4n) is 2.86. The van der Waals surface area contributed by atoms with Crippen molar-refractivity contribution in [2.24, 2.45) is 17.3 Å². The Morgan fingerprint density at radius 3 is 2.05 bits per heavy atom. The molecule has 2 saturated carbocycles. The molecule has 0 N–H and O–H groups in total. The van der Waals surface area contributed by atoms with Gasteiger partial charge < -0.3 is 9.47 Å². The molecule has 21 heavy (non-hydrogen) atoms. The van der Waals surface area contributed by atoms with Crippen LogP contribution in [0.1, 0.15) is 33.1 Å². The Hall–Kier alpha value is -1.80. The summed E-state index contributed by atoms with van der Waals surface area (Å²) in [6, 6.07) is 0. The molecule has 2 fully saturated rings. The molecule has 0 heterocycles. The Morgan fingerprint density at radius 2 is 1.67 bits per heavy atom. The summed E-state index contributed by atoms with van der Waals surface area (Å²) in [5.74, 6) is -0.846. The lowest BCUT2D eigenvalue weighted by Gasteiger charge is -2.14. The van der Waals surface area contributed by atoms with Crippen LogP contribution in [-0.4, -0.2) is 26.2 Å². The molecule has 0 spiro atoms. The van der Waals surface area contributed by atoms with Crippen molar-refractivity contribution in [3.8, 4) is 0 Å². The van der Waals surface area contributed by atoms with E-state index in [0.717, 1.165) is 29.6 Å². The van der Waals surface area contributed by atoms with E-state index in [4.69, 9.17) is 9.47 Å². The number of hydrogen-bond donors (Lipinski definition) is 0. The highest BCUT2D eigenvalue weighted by Crippen LogP contribution is 2.60. The average molecular weight is 290 g/mol. The number of rotatable bonds is 5. The minimum absolute atomic E-state index is 0.236. The van der Waals surface area contributed by atoms with Crippen LogP contribution < -0.4 is 0 Å². The Balaban J connectivity index is 2.31. The second-order valence-electron chi connectivity index (χ2n) is 6.05. The fraction of sp³-hybridized carbons (Fsp3) is 0.588. The van der Waals surface area contributed by atoms with Crippen LogP contribution in [0, 0.1) is 17.3 Å². The maximum atomic E-state index is 12.0. The number of esters is 2. The van der Waals surface area contributed by atoms with Crippen molar-refractivity contribution in [1.82, 2.24) is 0 Å². The topological polar surface area (TPSA) is 52.6 Å². The van der Waals surface area contributed by atoms with Gasteiger partial charge in [-0.25, -0.2) is 0 Å². The van der Waals surface area contributed by atoms with Gasteiger partial charge in [0.05, 0.1) is 14.2 Å². The van der Waals surface area contributed by atoms with Crippen molar-refractivity contribution >= 4 is 11.9 Å². The van der Waals surface area contributed by atoms with Crippen molar-refractivity contribution in [3.63, 3.8) is 0 Å². The van der Waals surface area contributed by atoms with Gasteiger partial charge in [-0.15, -0.1) is 5.73 Å². The van der Waals surface area contributed by atoms with Crippen LogP contribution in [0.5, 0.6) is 0 Å². The molecule has 4 heteroatoms. The van der Waals surface area contributed by atoms with Crippen LogP contribution >= 0.6 is 0 Å². The molecule has 2 aliphatic rings. The zero-order chi connectivity index (χ0) is 15.8. The zero-order valence-corrected chi connectivity index (χ0v) is 13.1. The number of carbonyl (C=O) groups is 2. The second kappa shape index (κ2) is 5.53. The first-order valence-electron chi connectivity index (χ1n) is 7.18. The molecular formula is C17H22O4. The number of allylic oxidation sites excluding steroid dienone is 2. The molecule has 0 aromatic rings. The van der Waals surface area contributed by atoms with E-state index < -0.39 is 17.4 Å².